The van der Waals surface area contributed by atoms with Crippen molar-refractivity contribution in [2.75, 3.05) is 6.61 Å². The zero-order valence-corrected chi connectivity index (χ0v) is 9.91. The summed E-state index contributed by atoms with van der Waals surface area (Å²) in [5.74, 6) is 0.625. The molecule has 1 aliphatic rings. The summed E-state index contributed by atoms with van der Waals surface area (Å²) in [7, 11) is 0. The molecule has 0 bridgehead atoms. The van der Waals surface area contributed by atoms with Crippen molar-refractivity contribution < 1.29 is 9.53 Å². The molecule has 1 N–H and O–H groups in total. The zero-order chi connectivity index (χ0) is 11.8. The van der Waals surface area contributed by atoms with Gasteiger partial charge in [-0.1, -0.05) is 32.9 Å². The van der Waals surface area contributed by atoms with E-state index in [1.807, 2.05) is 18.2 Å². The van der Waals surface area contributed by atoms with Gasteiger partial charge >= 0.3 is 0 Å². The van der Waals surface area contributed by atoms with Crippen LogP contribution in [0.15, 0.2) is 24.3 Å². The maximum Gasteiger partial charge on any atom is 0.255 e. The second-order valence-electron chi connectivity index (χ2n) is 5.20. The second kappa shape index (κ2) is 3.81. The van der Waals surface area contributed by atoms with Crippen molar-refractivity contribution in [2.45, 2.75) is 26.8 Å². The molecule has 16 heavy (non-hydrogen) atoms. The molecule has 0 saturated carbocycles. The van der Waals surface area contributed by atoms with Crippen molar-refractivity contribution in [1.29, 1.82) is 0 Å². The molecule has 0 saturated heterocycles. The smallest absolute Gasteiger partial charge is 0.255 e. The van der Waals surface area contributed by atoms with Gasteiger partial charge in [0.2, 0.25) is 0 Å². The topological polar surface area (TPSA) is 38.3 Å². The first-order chi connectivity index (χ1) is 7.48. The Hall–Kier alpha value is -1.51. The van der Waals surface area contributed by atoms with E-state index in [1.54, 1.807) is 6.07 Å². The van der Waals surface area contributed by atoms with Gasteiger partial charge in [0.05, 0.1) is 11.6 Å². The van der Waals surface area contributed by atoms with Crippen LogP contribution in [0, 0.1) is 5.41 Å². The summed E-state index contributed by atoms with van der Waals surface area (Å²) in [6.07, 6.45) is 0. The van der Waals surface area contributed by atoms with E-state index in [9.17, 15) is 4.79 Å². The summed E-state index contributed by atoms with van der Waals surface area (Å²) in [5.41, 5.74) is 0.617. The first-order valence-corrected chi connectivity index (χ1v) is 5.51. The molecule has 0 aliphatic carbocycles. The van der Waals surface area contributed by atoms with Crippen LogP contribution in [-0.2, 0) is 0 Å². The number of benzene rings is 1. The number of rotatable bonds is 0. The second-order valence-corrected chi connectivity index (χ2v) is 5.20. The highest BCUT2D eigenvalue weighted by Gasteiger charge is 2.30. The molecule has 0 fully saturated rings. The molecule has 3 nitrogen and oxygen atoms in total. The van der Waals surface area contributed by atoms with Gasteiger partial charge in [0, 0.05) is 0 Å². The number of hydrogen-bond acceptors (Lipinski definition) is 2. The van der Waals surface area contributed by atoms with Crippen molar-refractivity contribution in [3.8, 4) is 5.75 Å². The van der Waals surface area contributed by atoms with E-state index in [-0.39, 0.29) is 17.4 Å². The van der Waals surface area contributed by atoms with Gasteiger partial charge in [-0.15, -0.1) is 0 Å². The van der Waals surface area contributed by atoms with Crippen LogP contribution in [0.3, 0.4) is 0 Å². The van der Waals surface area contributed by atoms with Gasteiger partial charge < -0.3 is 10.1 Å². The normalized spacial score (nSPS) is 20.4. The Morgan fingerprint density at radius 3 is 2.69 bits per heavy atom. The van der Waals surface area contributed by atoms with Gasteiger partial charge in [-0.3, -0.25) is 4.79 Å². The molecule has 1 aromatic carbocycles. The molecule has 3 heteroatoms. The Bertz CT molecular complexity index is 407. The largest absolute Gasteiger partial charge is 0.491 e. The van der Waals surface area contributed by atoms with Gasteiger partial charge in [0.15, 0.2) is 0 Å². The predicted molar refractivity (Wildman–Crippen MR) is 62.6 cm³/mol. The minimum absolute atomic E-state index is 0.00228. The quantitative estimate of drug-likeness (QED) is 0.726. The lowest BCUT2D eigenvalue weighted by Crippen LogP contribution is -2.45. The van der Waals surface area contributed by atoms with E-state index in [2.05, 4.69) is 26.1 Å². The molecular weight excluding hydrogens is 202 g/mol. The van der Waals surface area contributed by atoms with E-state index in [0.717, 1.165) is 0 Å². The SMILES string of the molecule is CC(C)(C)C1COc2ccccc2C(=O)N1. The van der Waals surface area contributed by atoms with E-state index in [4.69, 9.17) is 4.74 Å². The summed E-state index contributed by atoms with van der Waals surface area (Å²) in [4.78, 5) is 12.0. The van der Waals surface area contributed by atoms with Crippen LogP contribution < -0.4 is 10.1 Å². The number of para-hydroxylation sites is 1. The molecule has 1 aromatic rings. The minimum Gasteiger partial charge on any atom is -0.491 e. The highest BCUT2D eigenvalue weighted by molar-refractivity contribution is 5.97. The van der Waals surface area contributed by atoms with Gasteiger partial charge in [-0.25, -0.2) is 0 Å². The van der Waals surface area contributed by atoms with Crippen LogP contribution in [0.5, 0.6) is 5.75 Å². The number of hydrogen-bond donors (Lipinski definition) is 1. The molecule has 2 rings (SSSR count). The maximum atomic E-state index is 12.0. The van der Waals surface area contributed by atoms with Gasteiger partial charge in [0.25, 0.3) is 5.91 Å². The first kappa shape index (κ1) is 11.0. The third-order valence-corrected chi connectivity index (χ3v) is 2.89. The molecule has 0 spiro atoms. The molecule has 86 valence electrons. The van der Waals surface area contributed by atoms with Crippen LogP contribution in [0.2, 0.25) is 0 Å². The lowest BCUT2D eigenvalue weighted by atomic mass is 9.87. The fourth-order valence-electron chi connectivity index (χ4n) is 1.70. The number of carbonyl (C=O) groups is 1. The molecule has 1 amide bonds. The summed E-state index contributed by atoms with van der Waals surface area (Å²) >= 11 is 0. The van der Waals surface area contributed by atoms with Gasteiger partial charge in [0.1, 0.15) is 12.4 Å². The standard InChI is InChI=1S/C13H17NO2/c1-13(2,3)11-8-16-10-7-5-4-6-9(10)12(15)14-11/h4-7,11H,8H2,1-3H3,(H,14,15). The van der Waals surface area contributed by atoms with Crippen LogP contribution in [-0.4, -0.2) is 18.6 Å². The first-order valence-electron chi connectivity index (χ1n) is 5.51. The fraction of sp³-hybridized carbons (Fsp3) is 0.462. The third kappa shape index (κ3) is 2.03. The molecule has 1 unspecified atom stereocenters. The Morgan fingerprint density at radius 1 is 1.31 bits per heavy atom. The number of ether oxygens (including phenoxy) is 1. The van der Waals surface area contributed by atoms with E-state index in [0.29, 0.717) is 17.9 Å². The Labute approximate surface area is 95.8 Å². The summed E-state index contributed by atoms with van der Waals surface area (Å²) < 4.78 is 5.67. The molecule has 0 radical (unpaired) electrons. The van der Waals surface area contributed by atoms with Crippen molar-refractivity contribution in [3.63, 3.8) is 0 Å². The minimum atomic E-state index is -0.0481. The Kier molecular flexibility index (Phi) is 2.62. The van der Waals surface area contributed by atoms with E-state index < -0.39 is 0 Å². The van der Waals surface area contributed by atoms with Crippen LogP contribution in [0.25, 0.3) is 0 Å². The number of nitrogens with one attached hydrogen (secondary N) is 1. The number of amides is 1. The van der Waals surface area contributed by atoms with Crippen LogP contribution in [0.1, 0.15) is 31.1 Å². The number of carbonyl (C=O) groups excluding carboxylic acids is 1. The van der Waals surface area contributed by atoms with Crippen LogP contribution >= 0.6 is 0 Å². The molecule has 1 aliphatic heterocycles. The van der Waals surface area contributed by atoms with Gasteiger partial charge in [-0.05, 0) is 17.5 Å². The molecular formula is C13H17NO2. The molecule has 1 atom stereocenters. The highest BCUT2D eigenvalue weighted by atomic mass is 16.5. The van der Waals surface area contributed by atoms with Crippen molar-refractivity contribution in [2.24, 2.45) is 5.41 Å². The summed E-state index contributed by atoms with van der Waals surface area (Å²) in [6, 6.07) is 7.38. The van der Waals surface area contributed by atoms with Crippen LogP contribution in [0.4, 0.5) is 0 Å². The van der Waals surface area contributed by atoms with E-state index >= 15 is 0 Å². The summed E-state index contributed by atoms with van der Waals surface area (Å²) in [6.45, 7) is 6.80. The average molecular weight is 219 g/mol. The maximum absolute atomic E-state index is 12.0. The number of fused-ring (bicyclic) bond motifs is 1. The fourth-order valence-corrected chi connectivity index (χ4v) is 1.70. The highest BCUT2D eigenvalue weighted by Crippen LogP contribution is 2.26. The lowest BCUT2D eigenvalue weighted by Gasteiger charge is -2.29. The average Bonchev–Trinajstić information content (AvgIpc) is 2.38. The van der Waals surface area contributed by atoms with E-state index in [1.165, 1.54) is 0 Å². The Morgan fingerprint density at radius 2 is 2.00 bits per heavy atom. The lowest BCUT2D eigenvalue weighted by molar-refractivity contribution is 0.0894. The third-order valence-electron chi connectivity index (χ3n) is 2.89. The molecule has 0 aromatic heterocycles. The molecule has 1 heterocycles. The Balaban J connectivity index is 2.29. The predicted octanol–water partition coefficient (Wildman–Crippen LogP) is 2.22. The van der Waals surface area contributed by atoms with Crippen molar-refractivity contribution in [3.05, 3.63) is 29.8 Å². The van der Waals surface area contributed by atoms with Crippen molar-refractivity contribution >= 4 is 5.91 Å². The monoisotopic (exact) mass is 219 g/mol. The van der Waals surface area contributed by atoms with Gasteiger partial charge in [-0.2, -0.15) is 0 Å². The summed E-state index contributed by atoms with van der Waals surface area (Å²) in [5, 5.41) is 3.01. The van der Waals surface area contributed by atoms with Crippen molar-refractivity contribution in [1.82, 2.24) is 5.32 Å². The zero-order valence-electron chi connectivity index (χ0n) is 9.91.